The van der Waals surface area contributed by atoms with Crippen LogP contribution in [0.3, 0.4) is 0 Å². The number of hydrogen-bond donors (Lipinski definition) is 2. The molecule has 0 aliphatic heterocycles. The van der Waals surface area contributed by atoms with Crippen molar-refractivity contribution in [2.75, 3.05) is 5.32 Å². The zero-order valence-corrected chi connectivity index (χ0v) is 14.2. The molecule has 0 saturated carbocycles. The average molecular weight is 384 g/mol. The molecule has 0 aliphatic rings. The number of amides is 1. The maximum absolute atomic E-state index is 12.1. The number of pyridine rings is 1. The Kier molecular flexibility index (Phi) is 5.12. The molecule has 2 aromatic heterocycles. The molecule has 1 amide bonds. The Bertz CT molecular complexity index is 824. The fraction of sp³-hybridized carbons (Fsp3) is 0.0588. The molecule has 24 heavy (non-hydrogen) atoms. The van der Waals surface area contributed by atoms with Crippen LogP contribution in [0.15, 0.2) is 65.7 Å². The van der Waals surface area contributed by atoms with Gasteiger partial charge in [0.25, 0.3) is 5.91 Å². The quantitative estimate of drug-likeness (QED) is 0.706. The first-order valence-electron chi connectivity index (χ1n) is 7.22. The summed E-state index contributed by atoms with van der Waals surface area (Å²) in [6.07, 6.45) is 6.38. The first-order valence-corrected chi connectivity index (χ1v) is 8.02. The topological polar surface area (TPSA) is 79.8 Å². The van der Waals surface area contributed by atoms with E-state index in [2.05, 4.69) is 41.5 Å². The van der Waals surface area contributed by atoms with E-state index in [9.17, 15) is 4.79 Å². The summed E-state index contributed by atoms with van der Waals surface area (Å²) in [7, 11) is 0. The molecule has 0 radical (unpaired) electrons. The molecular weight excluding hydrogens is 370 g/mol. The van der Waals surface area contributed by atoms with E-state index in [1.54, 1.807) is 12.4 Å². The second kappa shape index (κ2) is 7.65. The Morgan fingerprint density at radius 1 is 1.08 bits per heavy atom. The van der Waals surface area contributed by atoms with Crippen molar-refractivity contribution in [3.8, 4) is 0 Å². The molecule has 1 aromatic carbocycles. The van der Waals surface area contributed by atoms with Crippen LogP contribution in [0.1, 0.15) is 15.9 Å². The van der Waals surface area contributed by atoms with Gasteiger partial charge in [0.15, 0.2) is 0 Å². The van der Waals surface area contributed by atoms with Crippen molar-refractivity contribution in [3.05, 3.63) is 76.8 Å². The monoisotopic (exact) mass is 383 g/mol. The summed E-state index contributed by atoms with van der Waals surface area (Å²) in [6, 6.07) is 11.4. The molecule has 2 heterocycles. The lowest BCUT2D eigenvalue weighted by atomic mass is 10.2. The normalized spacial score (nSPS) is 10.2. The lowest BCUT2D eigenvalue weighted by Gasteiger charge is -2.07. The zero-order chi connectivity index (χ0) is 16.8. The van der Waals surface area contributed by atoms with Crippen molar-refractivity contribution in [2.45, 2.75) is 6.54 Å². The minimum Gasteiger partial charge on any atom is -0.348 e. The smallest absolute Gasteiger partial charge is 0.254 e. The van der Waals surface area contributed by atoms with E-state index in [1.165, 1.54) is 12.4 Å². The molecule has 2 N–H and O–H groups in total. The van der Waals surface area contributed by atoms with E-state index in [0.717, 1.165) is 15.7 Å². The van der Waals surface area contributed by atoms with Gasteiger partial charge in [-0.1, -0.05) is 28.1 Å². The molecule has 0 spiro atoms. The summed E-state index contributed by atoms with van der Waals surface area (Å²) in [6.45, 7) is 0.407. The van der Waals surface area contributed by atoms with Gasteiger partial charge < -0.3 is 10.6 Å². The summed E-state index contributed by atoms with van der Waals surface area (Å²) in [5.74, 6) is 0.199. The predicted octanol–water partition coefficient (Wildman–Crippen LogP) is 3.31. The van der Waals surface area contributed by atoms with Crippen molar-refractivity contribution >= 4 is 33.5 Å². The second-order valence-corrected chi connectivity index (χ2v) is 5.89. The number of rotatable bonds is 5. The summed E-state index contributed by atoms with van der Waals surface area (Å²) < 4.78 is 0.957. The average Bonchev–Trinajstić information content (AvgIpc) is 2.61. The van der Waals surface area contributed by atoms with Crippen molar-refractivity contribution in [1.29, 1.82) is 0 Å². The third-order valence-corrected chi connectivity index (χ3v) is 3.66. The number of hydrogen-bond acceptors (Lipinski definition) is 5. The van der Waals surface area contributed by atoms with Gasteiger partial charge in [0.05, 0.1) is 5.56 Å². The Balaban J connectivity index is 1.60. The minimum atomic E-state index is -0.229. The van der Waals surface area contributed by atoms with E-state index in [-0.39, 0.29) is 5.91 Å². The number of carbonyl (C=O) groups excluding carboxylic acids is 1. The molecule has 0 aliphatic carbocycles. The van der Waals surface area contributed by atoms with Crippen LogP contribution < -0.4 is 10.6 Å². The van der Waals surface area contributed by atoms with Gasteiger partial charge in [0.1, 0.15) is 0 Å². The lowest BCUT2D eigenvalue weighted by Crippen LogP contribution is -2.23. The third-order valence-electron chi connectivity index (χ3n) is 3.17. The highest BCUT2D eigenvalue weighted by molar-refractivity contribution is 9.10. The molecule has 0 fully saturated rings. The van der Waals surface area contributed by atoms with Crippen LogP contribution in [0.2, 0.25) is 0 Å². The zero-order valence-electron chi connectivity index (χ0n) is 12.6. The number of nitrogens with one attached hydrogen (secondary N) is 2. The van der Waals surface area contributed by atoms with Crippen LogP contribution in [-0.4, -0.2) is 20.9 Å². The third kappa shape index (κ3) is 4.36. The van der Waals surface area contributed by atoms with E-state index in [0.29, 0.717) is 18.1 Å². The van der Waals surface area contributed by atoms with Crippen LogP contribution in [0.5, 0.6) is 0 Å². The summed E-state index contributed by atoms with van der Waals surface area (Å²) in [4.78, 5) is 24.4. The maximum atomic E-state index is 12.1. The highest BCUT2D eigenvalue weighted by Gasteiger charge is 2.07. The molecule has 0 bridgehead atoms. The number of halogens is 1. The van der Waals surface area contributed by atoms with Gasteiger partial charge in [0, 0.05) is 41.5 Å². The number of nitrogens with zero attached hydrogens (tertiary/aromatic N) is 3. The van der Waals surface area contributed by atoms with Crippen LogP contribution in [0, 0.1) is 0 Å². The summed E-state index contributed by atoms with van der Waals surface area (Å²) in [5, 5.41) is 5.88. The lowest BCUT2D eigenvalue weighted by molar-refractivity contribution is 0.0950. The number of benzene rings is 1. The number of aromatic nitrogens is 3. The number of carbonyl (C=O) groups is 1. The van der Waals surface area contributed by atoms with Crippen LogP contribution in [0.25, 0.3) is 0 Å². The molecule has 0 saturated heterocycles. The van der Waals surface area contributed by atoms with Crippen molar-refractivity contribution in [2.24, 2.45) is 0 Å². The van der Waals surface area contributed by atoms with Crippen molar-refractivity contribution in [3.63, 3.8) is 0 Å². The van der Waals surface area contributed by atoms with Gasteiger partial charge in [-0.3, -0.25) is 9.78 Å². The molecule has 3 rings (SSSR count). The SMILES string of the molecule is O=C(NCc1cccnc1)c1cnc(Nc2cccc(Br)c2)nc1. The van der Waals surface area contributed by atoms with Crippen molar-refractivity contribution in [1.82, 2.24) is 20.3 Å². The first-order chi connectivity index (χ1) is 11.7. The van der Waals surface area contributed by atoms with Gasteiger partial charge in [-0.05, 0) is 29.8 Å². The van der Waals surface area contributed by atoms with Crippen molar-refractivity contribution < 1.29 is 4.79 Å². The van der Waals surface area contributed by atoms with Gasteiger partial charge in [-0.25, -0.2) is 9.97 Å². The minimum absolute atomic E-state index is 0.229. The largest absolute Gasteiger partial charge is 0.348 e. The fourth-order valence-electron chi connectivity index (χ4n) is 1.99. The Labute approximate surface area is 147 Å². The summed E-state index contributed by atoms with van der Waals surface area (Å²) in [5.41, 5.74) is 2.19. The van der Waals surface area contributed by atoms with E-state index in [1.807, 2.05) is 36.4 Å². The Morgan fingerprint density at radius 3 is 2.62 bits per heavy atom. The maximum Gasteiger partial charge on any atom is 0.254 e. The molecule has 7 heteroatoms. The Morgan fingerprint density at radius 2 is 1.92 bits per heavy atom. The van der Waals surface area contributed by atoms with Gasteiger partial charge in [-0.15, -0.1) is 0 Å². The van der Waals surface area contributed by atoms with Gasteiger partial charge >= 0.3 is 0 Å². The second-order valence-electron chi connectivity index (χ2n) is 4.97. The van der Waals surface area contributed by atoms with E-state index in [4.69, 9.17) is 0 Å². The van der Waals surface area contributed by atoms with Crippen LogP contribution in [0.4, 0.5) is 11.6 Å². The molecule has 3 aromatic rings. The van der Waals surface area contributed by atoms with Crippen LogP contribution in [-0.2, 0) is 6.54 Å². The fourth-order valence-corrected chi connectivity index (χ4v) is 2.39. The van der Waals surface area contributed by atoms with E-state index >= 15 is 0 Å². The highest BCUT2D eigenvalue weighted by atomic mass is 79.9. The van der Waals surface area contributed by atoms with Gasteiger partial charge in [-0.2, -0.15) is 0 Å². The molecule has 120 valence electrons. The number of anilines is 2. The molecular formula is C17H14BrN5O. The molecule has 0 unspecified atom stereocenters. The predicted molar refractivity (Wildman–Crippen MR) is 94.9 cm³/mol. The summed E-state index contributed by atoms with van der Waals surface area (Å²) >= 11 is 3.40. The molecule has 6 nitrogen and oxygen atoms in total. The van der Waals surface area contributed by atoms with Gasteiger partial charge in [0.2, 0.25) is 5.95 Å². The van der Waals surface area contributed by atoms with E-state index < -0.39 is 0 Å². The standard InChI is InChI=1S/C17H14BrN5O/c18-14-4-1-5-15(7-14)23-17-21-10-13(11-22-17)16(24)20-9-12-3-2-6-19-8-12/h1-8,10-11H,9H2,(H,20,24)(H,21,22,23). The highest BCUT2D eigenvalue weighted by Crippen LogP contribution is 2.18. The Hall–Kier alpha value is -2.80. The first kappa shape index (κ1) is 16.1. The van der Waals surface area contributed by atoms with Crippen LogP contribution >= 0.6 is 15.9 Å². The molecule has 0 atom stereocenters.